The standard InChI is InChI=1S/C13H22N2O3.ClH/c16-12(7-11-8-17-6-3-14-11)15-4-1-13(9-15)2-5-18-10-13;/h11,14H,1-10H2;1H. The first-order chi connectivity index (χ1) is 8.77. The van der Waals surface area contributed by atoms with Gasteiger partial charge in [0.2, 0.25) is 5.91 Å². The van der Waals surface area contributed by atoms with Crippen LogP contribution in [0, 0.1) is 5.41 Å². The van der Waals surface area contributed by atoms with Gasteiger partial charge in [-0.15, -0.1) is 12.4 Å². The van der Waals surface area contributed by atoms with E-state index >= 15 is 0 Å². The van der Waals surface area contributed by atoms with Crippen LogP contribution < -0.4 is 5.32 Å². The summed E-state index contributed by atoms with van der Waals surface area (Å²) in [6.45, 7) is 5.76. The van der Waals surface area contributed by atoms with E-state index in [0.717, 1.165) is 52.3 Å². The van der Waals surface area contributed by atoms with Gasteiger partial charge in [-0.2, -0.15) is 0 Å². The fourth-order valence-corrected chi connectivity index (χ4v) is 3.21. The molecule has 0 aliphatic carbocycles. The molecule has 110 valence electrons. The molecule has 1 amide bonds. The molecule has 0 radical (unpaired) electrons. The molecule has 3 aliphatic heterocycles. The number of halogens is 1. The smallest absolute Gasteiger partial charge is 0.224 e. The second-order valence-electron chi connectivity index (χ2n) is 5.80. The summed E-state index contributed by atoms with van der Waals surface area (Å²) in [4.78, 5) is 14.3. The third kappa shape index (κ3) is 3.40. The zero-order valence-electron chi connectivity index (χ0n) is 11.2. The molecule has 0 aromatic carbocycles. The molecular formula is C13H23ClN2O3. The van der Waals surface area contributed by atoms with Crippen molar-refractivity contribution in [3.05, 3.63) is 0 Å². The lowest BCUT2D eigenvalue weighted by Gasteiger charge is -2.26. The highest BCUT2D eigenvalue weighted by molar-refractivity contribution is 5.85. The number of hydrogen-bond acceptors (Lipinski definition) is 4. The molecule has 3 fully saturated rings. The summed E-state index contributed by atoms with van der Waals surface area (Å²) < 4.78 is 10.9. The maximum Gasteiger partial charge on any atom is 0.224 e. The number of carbonyl (C=O) groups excluding carboxylic acids is 1. The Hall–Kier alpha value is -0.360. The highest BCUT2D eigenvalue weighted by atomic mass is 35.5. The lowest BCUT2D eigenvalue weighted by atomic mass is 9.87. The maximum atomic E-state index is 12.2. The van der Waals surface area contributed by atoms with Gasteiger partial charge in [-0.25, -0.2) is 0 Å². The molecule has 0 aromatic heterocycles. The van der Waals surface area contributed by atoms with Crippen LogP contribution in [-0.4, -0.2) is 62.9 Å². The van der Waals surface area contributed by atoms with Crippen LogP contribution in [-0.2, 0) is 14.3 Å². The first-order valence-electron chi connectivity index (χ1n) is 6.94. The number of rotatable bonds is 2. The molecule has 6 heteroatoms. The first-order valence-corrected chi connectivity index (χ1v) is 6.94. The lowest BCUT2D eigenvalue weighted by Crippen LogP contribution is -2.45. The molecule has 1 spiro atoms. The van der Waals surface area contributed by atoms with Crippen molar-refractivity contribution in [3.8, 4) is 0 Å². The SMILES string of the molecule is Cl.O=C(CC1COCCN1)N1CCC2(CCOC2)C1. The number of ether oxygens (including phenoxy) is 2. The number of carbonyl (C=O) groups is 1. The van der Waals surface area contributed by atoms with E-state index < -0.39 is 0 Å². The molecule has 0 bridgehead atoms. The molecular weight excluding hydrogens is 268 g/mol. The fourth-order valence-electron chi connectivity index (χ4n) is 3.21. The van der Waals surface area contributed by atoms with Gasteiger partial charge in [0.05, 0.1) is 19.8 Å². The average Bonchev–Trinajstić information content (AvgIpc) is 3.02. The van der Waals surface area contributed by atoms with Crippen LogP contribution >= 0.6 is 12.4 Å². The number of nitrogens with one attached hydrogen (secondary N) is 1. The van der Waals surface area contributed by atoms with Crippen molar-refractivity contribution in [1.29, 1.82) is 0 Å². The quantitative estimate of drug-likeness (QED) is 0.801. The summed E-state index contributed by atoms with van der Waals surface area (Å²) in [5.74, 6) is 0.266. The molecule has 2 unspecified atom stereocenters. The van der Waals surface area contributed by atoms with E-state index in [0.29, 0.717) is 13.0 Å². The Bertz CT molecular complexity index is 315. The van der Waals surface area contributed by atoms with E-state index in [1.54, 1.807) is 0 Å². The van der Waals surface area contributed by atoms with Crippen LogP contribution in [0.3, 0.4) is 0 Å². The van der Waals surface area contributed by atoms with Crippen LogP contribution in [0.1, 0.15) is 19.3 Å². The van der Waals surface area contributed by atoms with Gasteiger partial charge in [-0.3, -0.25) is 4.79 Å². The lowest BCUT2D eigenvalue weighted by molar-refractivity contribution is -0.131. The van der Waals surface area contributed by atoms with E-state index in [9.17, 15) is 4.79 Å². The van der Waals surface area contributed by atoms with E-state index in [-0.39, 0.29) is 29.8 Å². The van der Waals surface area contributed by atoms with Crippen molar-refractivity contribution < 1.29 is 14.3 Å². The first kappa shape index (κ1) is 15.0. The molecule has 3 heterocycles. The second kappa shape index (κ2) is 6.39. The Morgan fingerprint density at radius 2 is 2.21 bits per heavy atom. The zero-order valence-corrected chi connectivity index (χ0v) is 12.0. The van der Waals surface area contributed by atoms with Gasteiger partial charge in [0, 0.05) is 44.1 Å². The third-order valence-corrected chi connectivity index (χ3v) is 4.40. The summed E-state index contributed by atoms with van der Waals surface area (Å²) in [6.07, 6.45) is 2.78. The molecule has 3 rings (SSSR count). The minimum atomic E-state index is 0. The van der Waals surface area contributed by atoms with E-state index in [4.69, 9.17) is 9.47 Å². The summed E-state index contributed by atoms with van der Waals surface area (Å²) >= 11 is 0. The monoisotopic (exact) mass is 290 g/mol. The Morgan fingerprint density at radius 1 is 1.32 bits per heavy atom. The Morgan fingerprint density at radius 3 is 2.89 bits per heavy atom. The Labute approximate surface area is 120 Å². The predicted molar refractivity (Wildman–Crippen MR) is 73.5 cm³/mol. The normalized spacial score (nSPS) is 34.5. The van der Waals surface area contributed by atoms with Gasteiger partial charge in [0.1, 0.15) is 0 Å². The number of amides is 1. The van der Waals surface area contributed by atoms with Crippen LogP contribution in [0.5, 0.6) is 0 Å². The molecule has 5 nitrogen and oxygen atoms in total. The minimum Gasteiger partial charge on any atom is -0.381 e. The predicted octanol–water partition coefficient (Wildman–Crippen LogP) is 0.426. The number of hydrogen-bond donors (Lipinski definition) is 1. The van der Waals surface area contributed by atoms with Crippen molar-refractivity contribution in [1.82, 2.24) is 10.2 Å². The maximum absolute atomic E-state index is 12.2. The van der Waals surface area contributed by atoms with Gasteiger partial charge in [0.15, 0.2) is 0 Å². The number of morpholine rings is 1. The van der Waals surface area contributed by atoms with E-state index in [1.165, 1.54) is 0 Å². The highest BCUT2D eigenvalue weighted by Gasteiger charge is 2.42. The minimum absolute atomic E-state index is 0. The van der Waals surface area contributed by atoms with Crippen LogP contribution in [0.15, 0.2) is 0 Å². The van der Waals surface area contributed by atoms with Gasteiger partial charge in [-0.05, 0) is 12.8 Å². The van der Waals surface area contributed by atoms with Crippen molar-refractivity contribution in [2.24, 2.45) is 5.41 Å². The van der Waals surface area contributed by atoms with E-state index in [1.807, 2.05) is 4.90 Å². The molecule has 0 saturated carbocycles. The summed E-state index contributed by atoms with van der Waals surface area (Å²) in [5, 5.41) is 3.34. The molecule has 3 aliphatic rings. The second-order valence-corrected chi connectivity index (χ2v) is 5.80. The van der Waals surface area contributed by atoms with E-state index in [2.05, 4.69) is 5.32 Å². The molecule has 1 N–H and O–H groups in total. The van der Waals surface area contributed by atoms with Crippen molar-refractivity contribution in [2.75, 3.05) is 46.1 Å². The largest absolute Gasteiger partial charge is 0.381 e. The van der Waals surface area contributed by atoms with Crippen LogP contribution in [0.2, 0.25) is 0 Å². The van der Waals surface area contributed by atoms with Crippen molar-refractivity contribution in [2.45, 2.75) is 25.3 Å². The summed E-state index contributed by atoms with van der Waals surface area (Å²) in [6, 6.07) is 0.197. The topological polar surface area (TPSA) is 50.8 Å². The van der Waals surface area contributed by atoms with Gasteiger partial charge in [-0.1, -0.05) is 0 Å². The summed E-state index contributed by atoms with van der Waals surface area (Å²) in [7, 11) is 0. The number of nitrogens with zero attached hydrogens (tertiary/aromatic N) is 1. The third-order valence-electron chi connectivity index (χ3n) is 4.40. The molecule has 2 atom stereocenters. The van der Waals surface area contributed by atoms with Gasteiger partial charge in [0.25, 0.3) is 0 Å². The van der Waals surface area contributed by atoms with Crippen molar-refractivity contribution >= 4 is 18.3 Å². The highest BCUT2D eigenvalue weighted by Crippen LogP contribution is 2.38. The van der Waals surface area contributed by atoms with Crippen molar-refractivity contribution in [3.63, 3.8) is 0 Å². The van der Waals surface area contributed by atoms with Crippen LogP contribution in [0.25, 0.3) is 0 Å². The molecule has 3 saturated heterocycles. The Balaban J connectivity index is 0.00000133. The molecule has 0 aromatic rings. The zero-order chi connectivity index (χ0) is 12.4. The number of likely N-dealkylation sites (tertiary alicyclic amines) is 1. The Kier molecular flexibility index (Phi) is 5.06. The van der Waals surface area contributed by atoms with Crippen LogP contribution in [0.4, 0.5) is 0 Å². The summed E-state index contributed by atoms with van der Waals surface area (Å²) in [5.41, 5.74) is 0.270. The van der Waals surface area contributed by atoms with Gasteiger partial charge < -0.3 is 19.7 Å². The molecule has 19 heavy (non-hydrogen) atoms. The average molecular weight is 291 g/mol. The fraction of sp³-hybridized carbons (Fsp3) is 0.923. The van der Waals surface area contributed by atoms with Gasteiger partial charge >= 0.3 is 0 Å².